The Morgan fingerprint density at radius 2 is 2.04 bits per heavy atom. The van der Waals surface area contributed by atoms with Crippen LogP contribution in [0.3, 0.4) is 0 Å². The maximum atomic E-state index is 12.8. The second-order valence-electron chi connectivity index (χ2n) is 5.94. The molecule has 2 heterocycles. The van der Waals surface area contributed by atoms with Crippen molar-refractivity contribution in [3.63, 3.8) is 0 Å². The van der Waals surface area contributed by atoms with E-state index < -0.39 is 17.6 Å². The maximum Gasteiger partial charge on any atom is 0.416 e. The van der Waals surface area contributed by atoms with Gasteiger partial charge in [0.1, 0.15) is 0 Å². The molecular formula is C17H15F3N2O3S. The van der Waals surface area contributed by atoms with Crippen LogP contribution in [0, 0.1) is 0 Å². The van der Waals surface area contributed by atoms with Crippen LogP contribution in [-0.2, 0) is 30.4 Å². The number of hydrogen-bond acceptors (Lipinski definition) is 4. The molecule has 0 bridgehead atoms. The molecule has 0 spiro atoms. The van der Waals surface area contributed by atoms with E-state index in [0.29, 0.717) is 30.0 Å². The quantitative estimate of drug-likeness (QED) is 0.631. The van der Waals surface area contributed by atoms with Gasteiger partial charge in [0, 0.05) is 11.4 Å². The summed E-state index contributed by atoms with van der Waals surface area (Å²) in [5.74, 6) is -0.872. The second-order valence-corrected chi connectivity index (χ2v) is 7.08. The number of alkyl halides is 3. The van der Waals surface area contributed by atoms with Gasteiger partial charge < -0.3 is 4.90 Å². The van der Waals surface area contributed by atoms with Gasteiger partial charge in [0.05, 0.1) is 23.4 Å². The molecule has 138 valence electrons. The molecule has 0 atom stereocenters. The molecule has 2 amide bonds. The average Bonchev–Trinajstić information content (AvgIpc) is 3.03. The van der Waals surface area contributed by atoms with E-state index >= 15 is 0 Å². The number of fused-ring (bicyclic) bond motifs is 1. The van der Waals surface area contributed by atoms with Crippen molar-refractivity contribution in [2.45, 2.75) is 25.6 Å². The Hall–Kier alpha value is -2.39. The van der Waals surface area contributed by atoms with Gasteiger partial charge in [-0.05, 0) is 29.7 Å². The lowest BCUT2D eigenvalue weighted by Crippen LogP contribution is -2.36. The SMILES string of the molecule is O=C(NO)c1cc2c(s1)CN(C(=O)Cc1cccc(C(F)(F)F)c1)CC2. The third kappa shape index (κ3) is 3.88. The number of carbonyl (C=O) groups excluding carboxylic acids is 2. The molecule has 5 nitrogen and oxygen atoms in total. The number of thiophene rings is 1. The summed E-state index contributed by atoms with van der Waals surface area (Å²) < 4.78 is 38.3. The van der Waals surface area contributed by atoms with Crippen LogP contribution in [0.4, 0.5) is 13.2 Å². The number of halogens is 3. The first kappa shape index (κ1) is 18.4. The second kappa shape index (κ2) is 7.08. The minimum Gasteiger partial charge on any atom is -0.337 e. The average molecular weight is 384 g/mol. The lowest BCUT2D eigenvalue weighted by molar-refractivity contribution is -0.138. The fourth-order valence-electron chi connectivity index (χ4n) is 2.84. The summed E-state index contributed by atoms with van der Waals surface area (Å²) in [5.41, 5.74) is 2.05. The van der Waals surface area contributed by atoms with Gasteiger partial charge in [-0.2, -0.15) is 13.2 Å². The Kier molecular flexibility index (Phi) is 5.01. The van der Waals surface area contributed by atoms with Gasteiger partial charge in [-0.3, -0.25) is 14.8 Å². The van der Waals surface area contributed by atoms with Crippen LogP contribution in [-0.4, -0.2) is 28.5 Å². The summed E-state index contributed by atoms with van der Waals surface area (Å²) in [7, 11) is 0. The molecular weight excluding hydrogens is 369 g/mol. The highest BCUT2D eigenvalue weighted by molar-refractivity contribution is 7.14. The third-order valence-corrected chi connectivity index (χ3v) is 5.33. The molecule has 0 unspecified atom stereocenters. The minimum absolute atomic E-state index is 0.116. The van der Waals surface area contributed by atoms with E-state index in [1.54, 1.807) is 16.4 Å². The molecule has 1 aliphatic heterocycles. The molecule has 0 aliphatic carbocycles. The summed E-state index contributed by atoms with van der Waals surface area (Å²) in [5, 5.41) is 8.70. The third-order valence-electron chi connectivity index (χ3n) is 4.17. The van der Waals surface area contributed by atoms with E-state index in [4.69, 9.17) is 5.21 Å². The number of carbonyl (C=O) groups is 2. The normalized spacial score (nSPS) is 14.1. The van der Waals surface area contributed by atoms with Crippen molar-refractivity contribution >= 4 is 23.2 Å². The summed E-state index contributed by atoms with van der Waals surface area (Å²) in [6, 6.07) is 6.43. The van der Waals surface area contributed by atoms with Gasteiger partial charge in [0.15, 0.2) is 0 Å². The molecule has 3 rings (SSSR count). The van der Waals surface area contributed by atoms with Crippen LogP contribution in [0.15, 0.2) is 30.3 Å². The summed E-state index contributed by atoms with van der Waals surface area (Å²) in [4.78, 5) is 26.7. The highest BCUT2D eigenvalue weighted by Gasteiger charge is 2.31. The highest BCUT2D eigenvalue weighted by Crippen LogP contribution is 2.31. The Morgan fingerprint density at radius 3 is 2.73 bits per heavy atom. The zero-order valence-corrected chi connectivity index (χ0v) is 14.3. The maximum absolute atomic E-state index is 12.8. The molecule has 0 saturated heterocycles. The van der Waals surface area contributed by atoms with Crippen molar-refractivity contribution in [1.82, 2.24) is 10.4 Å². The summed E-state index contributed by atoms with van der Waals surface area (Å²) >= 11 is 1.19. The van der Waals surface area contributed by atoms with Crippen molar-refractivity contribution in [2.24, 2.45) is 0 Å². The molecule has 0 radical (unpaired) electrons. The van der Waals surface area contributed by atoms with Gasteiger partial charge in [-0.1, -0.05) is 18.2 Å². The van der Waals surface area contributed by atoms with Crippen LogP contribution >= 0.6 is 11.3 Å². The monoisotopic (exact) mass is 384 g/mol. The lowest BCUT2D eigenvalue weighted by Gasteiger charge is -2.27. The van der Waals surface area contributed by atoms with Crippen LogP contribution in [0.2, 0.25) is 0 Å². The molecule has 26 heavy (non-hydrogen) atoms. The molecule has 1 aromatic heterocycles. The Labute approximate surface area is 151 Å². The molecule has 1 aromatic carbocycles. The molecule has 9 heteroatoms. The van der Waals surface area contributed by atoms with E-state index in [1.807, 2.05) is 0 Å². The minimum atomic E-state index is -4.44. The smallest absolute Gasteiger partial charge is 0.337 e. The predicted octanol–water partition coefficient (Wildman–Crippen LogP) is 3.01. The first-order chi connectivity index (χ1) is 12.3. The van der Waals surface area contributed by atoms with E-state index in [2.05, 4.69) is 0 Å². The first-order valence-corrected chi connectivity index (χ1v) is 8.59. The van der Waals surface area contributed by atoms with Crippen LogP contribution in [0.5, 0.6) is 0 Å². The van der Waals surface area contributed by atoms with Crippen molar-refractivity contribution in [2.75, 3.05) is 6.54 Å². The Bertz CT molecular complexity index is 848. The molecule has 2 N–H and O–H groups in total. The number of hydroxylamine groups is 1. The van der Waals surface area contributed by atoms with Crippen molar-refractivity contribution < 1.29 is 28.0 Å². The van der Waals surface area contributed by atoms with Gasteiger partial charge in [-0.25, -0.2) is 5.48 Å². The van der Waals surface area contributed by atoms with Gasteiger partial charge in [0.25, 0.3) is 5.91 Å². The van der Waals surface area contributed by atoms with Crippen molar-refractivity contribution in [3.05, 3.63) is 56.8 Å². The Balaban J connectivity index is 1.70. The zero-order chi connectivity index (χ0) is 18.9. The predicted molar refractivity (Wildman–Crippen MR) is 87.8 cm³/mol. The van der Waals surface area contributed by atoms with Crippen molar-refractivity contribution in [3.8, 4) is 0 Å². The van der Waals surface area contributed by atoms with Crippen molar-refractivity contribution in [1.29, 1.82) is 0 Å². The van der Waals surface area contributed by atoms with Gasteiger partial charge in [0.2, 0.25) is 5.91 Å². The number of nitrogens with one attached hydrogen (secondary N) is 1. The Morgan fingerprint density at radius 1 is 1.27 bits per heavy atom. The molecule has 1 aliphatic rings. The number of rotatable bonds is 3. The lowest BCUT2D eigenvalue weighted by atomic mass is 10.0. The summed E-state index contributed by atoms with van der Waals surface area (Å²) in [6.07, 6.45) is -4.01. The van der Waals surface area contributed by atoms with E-state index in [-0.39, 0.29) is 12.3 Å². The fraction of sp³-hybridized carbons (Fsp3) is 0.294. The van der Waals surface area contributed by atoms with E-state index in [0.717, 1.165) is 22.6 Å². The number of amides is 2. The highest BCUT2D eigenvalue weighted by atomic mass is 32.1. The number of nitrogens with zero attached hydrogens (tertiary/aromatic N) is 1. The molecule has 0 fully saturated rings. The molecule has 0 saturated carbocycles. The van der Waals surface area contributed by atoms with Crippen LogP contribution < -0.4 is 5.48 Å². The largest absolute Gasteiger partial charge is 0.416 e. The van der Waals surface area contributed by atoms with Gasteiger partial charge in [-0.15, -0.1) is 11.3 Å². The zero-order valence-electron chi connectivity index (χ0n) is 13.5. The van der Waals surface area contributed by atoms with Crippen LogP contribution in [0.25, 0.3) is 0 Å². The van der Waals surface area contributed by atoms with E-state index in [1.165, 1.54) is 23.5 Å². The standard InChI is InChI=1S/C17H15F3N2O3S/c18-17(19,20)12-3-1-2-10(6-12)7-15(23)22-5-4-11-8-13(16(24)21-25)26-14(11)9-22/h1-3,6,8,25H,4-5,7,9H2,(H,21,24). The summed E-state index contributed by atoms with van der Waals surface area (Å²) in [6.45, 7) is 0.734. The topological polar surface area (TPSA) is 69.6 Å². The van der Waals surface area contributed by atoms with E-state index in [9.17, 15) is 22.8 Å². The number of benzene rings is 1. The number of hydrogen-bond donors (Lipinski definition) is 2. The van der Waals surface area contributed by atoms with Gasteiger partial charge >= 0.3 is 6.18 Å². The van der Waals surface area contributed by atoms with Crippen LogP contribution in [0.1, 0.15) is 31.2 Å². The first-order valence-electron chi connectivity index (χ1n) is 7.78. The fourth-order valence-corrected chi connectivity index (χ4v) is 3.96. The molecule has 2 aromatic rings.